The van der Waals surface area contributed by atoms with E-state index < -0.39 is 0 Å². The van der Waals surface area contributed by atoms with Gasteiger partial charge < -0.3 is 9.30 Å². The molecule has 194 valence electrons. The summed E-state index contributed by atoms with van der Waals surface area (Å²) < 4.78 is 21.5. The van der Waals surface area contributed by atoms with E-state index in [-0.39, 0.29) is 5.82 Å². The Kier molecular flexibility index (Phi) is 9.39. The van der Waals surface area contributed by atoms with Crippen LogP contribution in [0, 0.1) is 11.7 Å². The standard InChI is InChI=1S/C29H32ClFN4O2/c1-32-26(6-4-3-5-22-8-9-24(30)18-25(22)31)23-11-13-34(14-12-23)19-29-33-27-17-21(20-36)7-10-28(27)35(29)15-16-37-2/h3-4,6-10,17-18,20,23H,1,5,11-16,19H2,2H3/b4-3-,26-6-. The van der Waals surface area contributed by atoms with Crippen LogP contribution in [0.5, 0.6) is 0 Å². The number of carbonyl (C=O) groups is 1. The summed E-state index contributed by atoms with van der Waals surface area (Å²) in [5.74, 6) is 1.01. The zero-order chi connectivity index (χ0) is 26.2. The van der Waals surface area contributed by atoms with Gasteiger partial charge in [-0.15, -0.1) is 0 Å². The molecule has 4 rings (SSSR count). The minimum absolute atomic E-state index is 0.296. The molecule has 0 saturated carbocycles. The van der Waals surface area contributed by atoms with Crippen LogP contribution in [0.25, 0.3) is 11.0 Å². The van der Waals surface area contributed by atoms with Gasteiger partial charge in [0.15, 0.2) is 0 Å². The maximum atomic E-state index is 14.0. The number of nitrogens with zero attached hydrogens (tertiary/aromatic N) is 4. The molecule has 8 heteroatoms. The lowest BCUT2D eigenvalue weighted by Gasteiger charge is -2.31. The minimum atomic E-state index is -0.296. The summed E-state index contributed by atoms with van der Waals surface area (Å²) in [7, 11) is 1.69. The normalized spacial score (nSPS) is 15.6. The van der Waals surface area contributed by atoms with Gasteiger partial charge in [0.2, 0.25) is 0 Å². The van der Waals surface area contributed by atoms with E-state index in [0.29, 0.717) is 41.6 Å². The lowest BCUT2D eigenvalue weighted by Crippen LogP contribution is -2.34. The molecular weight excluding hydrogens is 491 g/mol. The monoisotopic (exact) mass is 522 g/mol. The number of imidazole rings is 1. The number of ether oxygens (including phenoxy) is 1. The zero-order valence-electron chi connectivity index (χ0n) is 21.1. The Morgan fingerprint density at radius 1 is 1.27 bits per heavy atom. The van der Waals surface area contributed by atoms with Crippen molar-refractivity contribution in [2.24, 2.45) is 10.9 Å². The largest absolute Gasteiger partial charge is 0.383 e. The molecule has 0 spiro atoms. The van der Waals surface area contributed by atoms with Crippen molar-refractivity contribution in [2.75, 3.05) is 26.8 Å². The van der Waals surface area contributed by atoms with Gasteiger partial charge in [-0.3, -0.25) is 14.7 Å². The highest BCUT2D eigenvalue weighted by molar-refractivity contribution is 6.30. The van der Waals surface area contributed by atoms with Crippen LogP contribution in [-0.4, -0.2) is 54.3 Å². The van der Waals surface area contributed by atoms with Crippen molar-refractivity contribution in [1.82, 2.24) is 14.5 Å². The Bertz CT molecular complexity index is 1310. The first-order valence-corrected chi connectivity index (χ1v) is 12.8. The fourth-order valence-corrected chi connectivity index (χ4v) is 4.94. The third kappa shape index (κ3) is 6.80. The number of aldehydes is 1. The maximum Gasteiger partial charge on any atom is 0.150 e. The van der Waals surface area contributed by atoms with E-state index in [4.69, 9.17) is 21.3 Å². The molecule has 0 atom stereocenters. The van der Waals surface area contributed by atoms with Gasteiger partial charge in [-0.1, -0.05) is 29.8 Å². The molecule has 0 N–H and O–H groups in total. The molecule has 2 heterocycles. The molecule has 0 bridgehead atoms. The number of hydrogen-bond acceptors (Lipinski definition) is 5. The van der Waals surface area contributed by atoms with Crippen LogP contribution in [0.1, 0.15) is 34.6 Å². The second-order valence-corrected chi connectivity index (χ2v) is 9.64. The van der Waals surface area contributed by atoms with Crippen molar-refractivity contribution in [1.29, 1.82) is 0 Å². The van der Waals surface area contributed by atoms with E-state index in [9.17, 15) is 9.18 Å². The highest BCUT2D eigenvalue weighted by Gasteiger charge is 2.23. The summed E-state index contributed by atoms with van der Waals surface area (Å²) in [6, 6.07) is 10.4. The number of halogens is 2. The van der Waals surface area contributed by atoms with E-state index in [1.807, 2.05) is 36.4 Å². The molecule has 1 aliphatic heterocycles. The third-order valence-corrected chi connectivity index (χ3v) is 7.05. The van der Waals surface area contributed by atoms with Gasteiger partial charge >= 0.3 is 0 Å². The fourth-order valence-electron chi connectivity index (χ4n) is 4.78. The molecule has 1 aliphatic rings. The molecule has 1 fully saturated rings. The molecule has 0 unspecified atom stereocenters. The Labute approximate surface area is 222 Å². The van der Waals surface area contributed by atoms with Crippen molar-refractivity contribution >= 4 is 35.6 Å². The van der Waals surface area contributed by atoms with Gasteiger partial charge in [0, 0.05) is 35.9 Å². The SMILES string of the molecule is C=N/C(=C\C=C/Cc1ccc(Cl)cc1F)C1CCN(Cc2nc3cc(C=O)ccc3n2CCOC)CC1. The van der Waals surface area contributed by atoms with Crippen molar-refractivity contribution in [3.05, 3.63) is 88.1 Å². The van der Waals surface area contributed by atoms with E-state index in [0.717, 1.165) is 61.3 Å². The molecule has 0 amide bonds. The Morgan fingerprint density at radius 3 is 2.78 bits per heavy atom. The molecule has 3 aromatic rings. The van der Waals surface area contributed by atoms with Gasteiger partial charge in [-0.2, -0.15) is 0 Å². The number of hydrogen-bond donors (Lipinski definition) is 0. The van der Waals surface area contributed by atoms with Crippen LogP contribution >= 0.6 is 11.6 Å². The molecular formula is C29H32ClFN4O2. The average molecular weight is 523 g/mol. The maximum absolute atomic E-state index is 14.0. The first-order chi connectivity index (χ1) is 18.0. The number of carbonyl (C=O) groups excluding carboxylic acids is 1. The second-order valence-electron chi connectivity index (χ2n) is 9.21. The molecule has 2 aromatic carbocycles. The Balaban J connectivity index is 1.37. The number of aliphatic imine (C=N–C) groups is 1. The number of rotatable bonds is 11. The van der Waals surface area contributed by atoms with E-state index in [1.54, 1.807) is 19.2 Å². The highest BCUT2D eigenvalue weighted by Crippen LogP contribution is 2.27. The lowest BCUT2D eigenvalue weighted by molar-refractivity contribution is 0.112. The van der Waals surface area contributed by atoms with E-state index in [1.165, 1.54) is 6.07 Å². The van der Waals surface area contributed by atoms with Crippen LogP contribution in [0.2, 0.25) is 5.02 Å². The second kappa shape index (κ2) is 12.9. The third-order valence-electron chi connectivity index (χ3n) is 6.82. The van der Waals surface area contributed by atoms with Gasteiger partial charge in [-0.25, -0.2) is 9.37 Å². The molecule has 1 saturated heterocycles. The van der Waals surface area contributed by atoms with Crippen LogP contribution in [0.15, 0.2) is 65.3 Å². The predicted octanol–water partition coefficient (Wildman–Crippen LogP) is 5.88. The fraction of sp³-hybridized carbons (Fsp3) is 0.345. The molecule has 6 nitrogen and oxygen atoms in total. The topological polar surface area (TPSA) is 59.7 Å². The van der Waals surface area contributed by atoms with Crippen molar-refractivity contribution in [2.45, 2.75) is 32.4 Å². The Morgan fingerprint density at radius 2 is 2.08 bits per heavy atom. The van der Waals surface area contributed by atoms with Gasteiger partial charge in [0.1, 0.15) is 17.9 Å². The summed E-state index contributed by atoms with van der Waals surface area (Å²) in [4.78, 5) is 22.7. The van der Waals surface area contributed by atoms with Crippen molar-refractivity contribution in [3.63, 3.8) is 0 Å². The average Bonchev–Trinajstić information content (AvgIpc) is 3.24. The number of benzene rings is 2. The van der Waals surface area contributed by atoms with E-state index >= 15 is 0 Å². The number of piperidine rings is 1. The first kappa shape index (κ1) is 26.9. The summed E-state index contributed by atoms with van der Waals surface area (Å²) in [6.45, 7) is 7.64. The zero-order valence-corrected chi connectivity index (χ0v) is 21.8. The van der Waals surface area contributed by atoms with Crippen LogP contribution in [0.4, 0.5) is 4.39 Å². The number of allylic oxidation sites excluding steroid dienone is 4. The minimum Gasteiger partial charge on any atom is -0.383 e. The highest BCUT2D eigenvalue weighted by atomic mass is 35.5. The van der Waals surface area contributed by atoms with Gasteiger partial charge in [-0.05, 0) is 81.0 Å². The molecule has 0 aliphatic carbocycles. The smallest absolute Gasteiger partial charge is 0.150 e. The van der Waals surface area contributed by atoms with E-state index in [2.05, 4.69) is 21.2 Å². The quantitative estimate of drug-likeness (QED) is 0.179. The van der Waals surface area contributed by atoms with Crippen molar-refractivity contribution < 1.29 is 13.9 Å². The lowest BCUT2D eigenvalue weighted by atomic mass is 9.93. The van der Waals surface area contributed by atoms with Crippen LogP contribution < -0.4 is 0 Å². The van der Waals surface area contributed by atoms with Crippen molar-refractivity contribution in [3.8, 4) is 0 Å². The number of methoxy groups -OCH3 is 1. The van der Waals surface area contributed by atoms with Crippen LogP contribution in [-0.2, 0) is 24.2 Å². The predicted molar refractivity (Wildman–Crippen MR) is 147 cm³/mol. The summed E-state index contributed by atoms with van der Waals surface area (Å²) in [5.41, 5.74) is 4.03. The van der Waals surface area contributed by atoms with Gasteiger partial charge in [0.05, 0.1) is 24.2 Å². The molecule has 1 aromatic heterocycles. The first-order valence-electron chi connectivity index (χ1n) is 12.5. The van der Waals surface area contributed by atoms with Gasteiger partial charge in [0.25, 0.3) is 0 Å². The number of aromatic nitrogens is 2. The van der Waals surface area contributed by atoms with Crippen LogP contribution in [0.3, 0.4) is 0 Å². The Hall–Kier alpha value is -3.13. The molecule has 0 radical (unpaired) electrons. The number of likely N-dealkylation sites (tertiary alicyclic amines) is 1. The number of fused-ring (bicyclic) bond motifs is 1. The summed E-state index contributed by atoms with van der Waals surface area (Å²) in [5, 5.41) is 0.397. The molecule has 37 heavy (non-hydrogen) atoms. The summed E-state index contributed by atoms with van der Waals surface area (Å²) in [6.07, 6.45) is 9.11. The summed E-state index contributed by atoms with van der Waals surface area (Å²) >= 11 is 5.83.